The number of carbonyl (C=O) groups is 1. The van der Waals surface area contributed by atoms with Gasteiger partial charge in [0.2, 0.25) is 5.91 Å². The molecule has 0 aliphatic rings. The zero-order valence-electron chi connectivity index (χ0n) is 18.3. The summed E-state index contributed by atoms with van der Waals surface area (Å²) < 4.78 is 12.9. The Morgan fingerprint density at radius 3 is 2.10 bits per heavy atom. The summed E-state index contributed by atoms with van der Waals surface area (Å²) in [6.07, 6.45) is 1.28. The van der Waals surface area contributed by atoms with Gasteiger partial charge in [0.1, 0.15) is 5.82 Å². The van der Waals surface area contributed by atoms with Crippen molar-refractivity contribution in [1.29, 1.82) is 0 Å². The van der Waals surface area contributed by atoms with E-state index in [0.29, 0.717) is 25.2 Å². The van der Waals surface area contributed by atoms with Crippen LogP contribution < -0.4 is 16.0 Å². The van der Waals surface area contributed by atoms with Crippen molar-refractivity contribution in [1.82, 2.24) is 20.9 Å². The van der Waals surface area contributed by atoms with E-state index in [1.807, 2.05) is 0 Å². The quantitative estimate of drug-likeness (QED) is 0.181. The molecule has 0 aliphatic heterocycles. The van der Waals surface area contributed by atoms with Crippen LogP contribution in [0.15, 0.2) is 29.3 Å². The zero-order valence-corrected chi connectivity index (χ0v) is 20.6. The number of halogens is 2. The minimum Gasteiger partial charge on any atom is -0.356 e. The molecule has 1 aromatic rings. The Labute approximate surface area is 192 Å². The molecule has 0 saturated heterocycles. The van der Waals surface area contributed by atoms with E-state index in [1.54, 1.807) is 19.2 Å². The Hall–Kier alpha value is -1.42. The van der Waals surface area contributed by atoms with Crippen LogP contribution >= 0.6 is 24.0 Å². The number of nitrogens with one attached hydrogen (secondary N) is 3. The second-order valence-electron chi connectivity index (χ2n) is 7.36. The van der Waals surface area contributed by atoms with Crippen LogP contribution in [0.3, 0.4) is 0 Å². The second kappa shape index (κ2) is 15.4. The van der Waals surface area contributed by atoms with E-state index >= 15 is 0 Å². The van der Waals surface area contributed by atoms with E-state index in [1.165, 1.54) is 12.1 Å². The number of benzene rings is 1. The van der Waals surface area contributed by atoms with Crippen LogP contribution in [0.2, 0.25) is 0 Å². The fraction of sp³-hybridized carbons (Fsp3) is 0.619. The van der Waals surface area contributed by atoms with Crippen LogP contribution in [0.5, 0.6) is 0 Å². The molecule has 0 fully saturated rings. The molecule has 0 spiro atoms. The van der Waals surface area contributed by atoms with E-state index < -0.39 is 0 Å². The van der Waals surface area contributed by atoms with E-state index in [0.717, 1.165) is 31.0 Å². The first-order valence-electron chi connectivity index (χ1n) is 10.0. The predicted molar refractivity (Wildman–Crippen MR) is 129 cm³/mol. The van der Waals surface area contributed by atoms with Crippen LogP contribution in [0.4, 0.5) is 4.39 Å². The summed E-state index contributed by atoms with van der Waals surface area (Å²) in [5.74, 6) is 0.348. The van der Waals surface area contributed by atoms with Gasteiger partial charge in [0, 0.05) is 45.3 Å². The van der Waals surface area contributed by atoms with Gasteiger partial charge in [-0.2, -0.15) is 0 Å². The highest BCUT2D eigenvalue weighted by Crippen LogP contribution is 2.05. The Morgan fingerprint density at radius 1 is 1.00 bits per heavy atom. The number of aliphatic imine (C=N–C) groups is 1. The third kappa shape index (κ3) is 12.0. The van der Waals surface area contributed by atoms with Crippen molar-refractivity contribution in [3.05, 3.63) is 35.6 Å². The van der Waals surface area contributed by atoms with Gasteiger partial charge in [0.05, 0.1) is 6.42 Å². The third-order valence-corrected chi connectivity index (χ3v) is 4.45. The Bertz CT molecular complexity index is 600. The molecule has 0 atom stereocenters. The van der Waals surface area contributed by atoms with Crippen molar-refractivity contribution in [2.24, 2.45) is 4.99 Å². The number of hydrogen-bond acceptors (Lipinski definition) is 3. The number of guanidine groups is 1. The van der Waals surface area contributed by atoms with Crippen molar-refractivity contribution in [3.63, 3.8) is 0 Å². The van der Waals surface area contributed by atoms with Gasteiger partial charge in [0.25, 0.3) is 0 Å². The Morgan fingerprint density at radius 2 is 1.55 bits per heavy atom. The first-order valence-corrected chi connectivity index (χ1v) is 10.0. The molecule has 166 valence electrons. The third-order valence-electron chi connectivity index (χ3n) is 4.45. The number of amides is 1. The number of nitrogens with zero attached hydrogens (tertiary/aromatic N) is 2. The molecule has 0 saturated carbocycles. The van der Waals surface area contributed by atoms with Crippen LogP contribution in [0, 0.1) is 5.82 Å². The minimum atomic E-state index is -0.298. The van der Waals surface area contributed by atoms with Crippen LogP contribution in [0.1, 0.15) is 39.7 Å². The van der Waals surface area contributed by atoms with Gasteiger partial charge in [-0.25, -0.2) is 4.39 Å². The lowest BCUT2D eigenvalue weighted by Gasteiger charge is -2.30. The smallest absolute Gasteiger partial charge is 0.224 e. The molecule has 0 radical (unpaired) electrons. The van der Waals surface area contributed by atoms with Crippen molar-refractivity contribution < 1.29 is 9.18 Å². The summed E-state index contributed by atoms with van der Waals surface area (Å²) in [4.78, 5) is 18.6. The minimum absolute atomic E-state index is 0. The molecule has 0 aromatic heterocycles. The molecule has 0 aliphatic carbocycles. The summed E-state index contributed by atoms with van der Waals surface area (Å²) in [5.41, 5.74) is 0.793. The molecule has 29 heavy (non-hydrogen) atoms. The van der Waals surface area contributed by atoms with Crippen molar-refractivity contribution in [2.75, 3.05) is 33.2 Å². The van der Waals surface area contributed by atoms with Gasteiger partial charge in [-0.05, 0) is 51.8 Å². The van der Waals surface area contributed by atoms with E-state index in [4.69, 9.17) is 0 Å². The lowest BCUT2D eigenvalue weighted by Crippen LogP contribution is -2.43. The highest BCUT2D eigenvalue weighted by molar-refractivity contribution is 14.0. The average Bonchev–Trinajstić information content (AvgIpc) is 2.64. The van der Waals surface area contributed by atoms with Gasteiger partial charge in [-0.15, -0.1) is 24.0 Å². The topological polar surface area (TPSA) is 68.8 Å². The Balaban J connectivity index is 0.00000784. The number of carbonyl (C=O) groups excluding carboxylic acids is 1. The average molecular weight is 521 g/mol. The van der Waals surface area contributed by atoms with E-state index in [-0.39, 0.29) is 42.1 Å². The normalized spacial score (nSPS) is 11.6. The highest BCUT2D eigenvalue weighted by Gasteiger charge is 2.12. The maximum Gasteiger partial charge on any atom is 0.224 e. The highest BCUT2D eigenvalue weighted by atomic mass is 127. The number of rotatable bonds is 11. The van der Waals surface area contributed by atoms with Gasteiger partial charge >= 0.3 is 0 Å². The molecule has 8 heteroatoms. The second-order valence-corrected chi connectivity index (χ2v) is 7.36. The first kappa shape index (κ1) is 27.6. The molecule has 6 nitrogen and oxygen atoms in total. The van der Waals surface area contributed by atoms with Crippen molar-refractivity contribution in [3.8, 4) is 0 Å². The first-order chi connectivity index (χ1) is 13.3. The largest absolute Gasteiger partial charge is 0.356 e. The molecular formula is C21H37FIN5O. The van der Waals surface area contributed by atoms with Crippen LogP contribution in [0.25, 0.3) is 0 Å². The molecule has 1 aromatic carbocycles. The summed E-state index contributed by atoms with van der Waals surface area (Å²) in [5, 5.41) is 9.34. The standard InChI is InChI=1S/C21H36FN5O.HI/c1-16(2)27(17(3)4)14-6-11-25-21(23-5)26-13-12-24-20(28)15-18-7-9-19(22)10-8-18;/h7-10,16-17H,6,11-15H2,1-5H3,(H,24,28)(H2,23,25,26);1H. The maximum atomic E-state index is 12.9. The predicted octanol–water partition coefficient (Wildman–Crippen LogP) is 2.78. The van der Waals surface area contributed by atoms with Gasteiger partial charge in [0.15, 0.2) is 5.96 Å². The monoisotopic (exact) mass is 521 g/mol. The summed E-state index contributed by atoms with van der Waals surface area (Å²) >= 11 is 0. The Kier molecular flexibility index (Phi) is 14.7. The van der Waals surface area contributed by atoms with E-state index in [2.05, 4.69) is 53.5 Å². The SMILES string of the molecule is CN=C(NCCCN(C(C)C)C(C)C)NCCNC(=O)Cc1ccc(F)cc1.I. The van der Waals surface area contributed by atoms with Crippen LogP contribution in [-0.2, 0) is 11.2 Å². The summed E-state index contributed by atoms with van der Waals surface area (Å²) in [7, 11) is 1.73. The molecule has 0 bridgehead atoms. The summed E-state index contributed by atoms with van der Waals surface area (Å²) in [6.45, 7) is 11.8. The fourth-order valence-corrected chi connectivity index (χ4v) is 3.03. The van der Waals surface area contributed by atoms with Crippen molar-refractivity contribution in [2.45, 2.75) is 52.6 Å². The lowest BCUT2D eigenvalue weighted by molar-refractivity contribution is -0.120. The number of hydrogen-bond donors (Lipinski definition) is 3. The van der Waals surface area contributed by atoms with Gasteiger partial charge in [-0.3, -0.25) is 14.7 Å². The molecule has 0 heterocycles. The maximum absolute atomic E-state index is 12.9. The van der Waals surface area contributed by atoms with Crippen molar-refractivity contribution >= 4 is 35.8 Å². The molecule has 1 amide bonds. The molecule has 3 N–H and O–H groups in total. The molecular weight excluding hydrogens is 484 g/mol. The fourth-order valence-electron chi connectivity index (χ4n) is 3.03. The van der Waals surface area contributed by atoms with Gasteiger partial charge < -0.3 is 16.0 Å². The van der Waals surface area contributed by atoms with E-state index in [9.17, 15) is 9.18 Å². The van der Waals surface area contributed by atoms with Crippen LogP contribution in [-0.4, -0.2) is 62.1 Å². The molecule has 1 rings (SSSR count). The molecule has 0 unspecified atom stereocenters. The lowest BCUT2D eigenvalue weighted by atomic mass is 10.1. The summed E-state index contributed by atoms with van der Waals surface area (Å²) in [6, 6.07) is 7.05. The van der Waals surface area contributed by atoms with Gasteiger partial charge in [-0.1, -0.05) is 12.1 Å². The zero-order chi connectivity index (χ0) is 20.9.